The van der Waals surface area contributed by atoms with E-state index in [1.807, 2.05) is 9.47 Å². The Morgan fingerprint density at radius 3 is 2.83 bits per heavy atom. The van der Waals surface area contributed by atoms with E-state index in [1.54, 1.807) is 13.0 Å². The van der Waals surface area contributed by atoms with Crippen LogP contribution in [-0.2, 0) is 4.74 Å². The summed E-state index contributed by atoms with van der Waals surface area (Å²) in [5, 5.41) is 9.13. The lowest BCUT2D eigenvalue weighted by Crippen LogP contribution is -2.44. The molecule has 2 unspecified atom stereocenters. The smallest absolute Gasteiger partial charge is 0.449 e. The van der Waals surface area contributed by atoms with Gasteiger partial charge in [0, 0.05) is 43.8 Å². The predicted octanol–water partition coefficient (Wildman–Crippen LogP) is 2.39. The number of ether oxygens (including phenoxy) is 2. The third-order valence-electron chi connectivity index (χ3n) is 6.77. The van der Waals surface area contributed by atoms with Crippen LogP contribution in [0.2, 0.25) is 0 Å². The standard InChI is InChI=1S/C21H24FN3O5/c1-11-17-14(25(13-2-3-13)8-16(19(17)26)30-20(27)28)6-15(18(11)22)24-7-12-4-5-29-21(12,9-23)10-24/h6,8,12-13H,2-5,7,9-10,23H2,1H3,(H,27,28). The van der Waals surface area contributed by atoms with E-state index in [-0.39, 0.29) is 28.7 Å². The third-order valence-corrected chi connectivity index (χ3v) is 6.77. The number of hydrogen-bond acceptors (Lipinski definition) is 6. The largest absolute Gasteiger partial charge is 0.511 e. The molecular weight excluding hydrogens is 393 g/mol. The number of aromatic nitrogens is 1. The SMILES string of the molecule is Cc1c(F)c(N2CC3CCOC3(CN)C2)cc2c1c(=O)c(OC(=O)O)cn2C1CC1. The maximum Gasteiger partial charge on any atom is 0.511 e. The van der Waals surface area contributed by atoms with Gasteiger partial charge in [-0.2, -0.15) is 0 Å². The van der Waals surface area contributed by atoms with Gasteiger partial charge in [-0.15, -0.1) is 0 Å². The summed E-state index contributed by atoms with van der Waals surface area (Å²) >= 11 is 0. The van der Waals surface area contributed by atoms with Crippen LogP contribution >= 0.6 is 0 Å². The van der Waals surface area contributed by atoms with Gasteiger partial charge in [0.2, 0.25) is 5.43 Å². The summed E-state index contributed by atoms with van der Waals surface area (Å²) in [5.41, 5.74) is 6.14. The van der Waals surface area contributed by atoms with Gasteiger partial charge in [-0.1, -0.05) is 0 Å². The molecular formula is C21H24FN3O5. The van der Waals surface area contributed by atoms with Gasteiger partial charge in [0.25, 0.3) is 0 Å². The maximum atomic E-state index is 15.5. The number of benzene rings is 1. The van der Waals surface area contributed by atoms with Crippen LogP contribution in [0.25, 0.3) is 10.9 Å². The van der Waals surface area contributed by atoms with Crippen molar-refractivity contribution in [2.24, 2.45) is 11.7 Å². The van der Waals surface area contributed by atoms with Gasteiger partial charge < -0.3 is 29.8 Å². The number of carboxylic acid groups (broad SMARTS) is 1. The van der Waals surface area contributed by atoms with E-state index in [9.17, 15) is 9.59 Å². The molecule has 1 aromatic carbocycles. The number of aryl methyl sites for hydroxylation is 1. The molecule has 160 valence electrons. The number of anilines is 1. The first-order chi connectivity index (χ1) is 14.3. The van der Waals surface area contributed by atoms with E-state index in [1.165, 1.54) is 6.20 Å². The van der Waals surface area contributed by atoms with Crippen molar-refractivity contribution >= 4 is 22.7 Å². The van der Waals surface area contributed by atoms with Crippen LogP contribution in [0.1, 0.15) is 30.9 Å². The van der Waals surface area contributed by atoms with Gasteiger partial charge in [-0.3, -0.25) is 4.79 Å². The lowest BCUT2D eigenvalue weighted by molar-refractivity contribution is 0.0126. The molecule has 0 spiro atoms. The van der Waals surface area contributed by atoms with Crippen LogP contribution in [0.4, 0.5) is 14.9 Å². The third kappa shape index (κ3) is 2.79. The van der Waals surface area contributed by atoms with Crippen molar-refractivity contribution in [1.82, 2.24) is 4.57 Å². The zero-order chi connectivity index (χ0) is 21.2. The zero-order valence-corrected chi connectivity index (χ0v) is 16.7. The maximum absolute atomic E-state index is 15.5. The molecule has 0 radical (unpaired) electrons. The minimum absolute atomic E-state index is 0.138. The lowest BCUT2D eigenvalue weighted by Gasteiger charge is -2.27. The average molecular weight is 417 g/mol. The molecule has 3 N–H and O–H groups in total. The highest BCUT2D eigenvalue weighted by atomic mass is 19.1. The molecule has 1 aliphatic carbocycles. The molecule has 2 atom stereocenters. The molecule has 0 bridgehead atoms. The highest BCUT2D eigenvalue weighted by Crippen LogP contribution is 2.43. The fraction of sp³-hybridized carbons (Fsp3) is 0.524. The van der Waals surface area contributed by atoms with Gasteiger partial charge in [0.05, 0.1) is 22.8 Å². The Hall–Kier alpha value is -2.65. The summed E-state index contributed by atoms with van der Waals surface area (Å²) in [6, 6.07) is 1.84. The van der Waals surface area contributed by atoms with E-state index in [4.69, 9.17) is 20.3 Å². The molecule has 9 heteroatoms. The molecule has 1 saturated carbocycles. The van der Waals surface area contributed by atoms with E-state index in [2.05, 4.69) is 0 Å². The molecule has 2 saturated heterocycles. The Balaban J connectivity index is 1.67. The van der Waals surface area contributed by atoms with Crippen LogP contribution in [0, 0.1) is 18.7 Å². The molecule has 0 amide bonds. The van der Waals surface area contributed by atoms with Crippen LogP contribution in [-0.4, -0.2) is 47.7 Å². The quantitative estimate of drug-likeness (QED) is 0.736. The van der Waals surface area contributed by atoms with Gasteiger partial charge in [0.15, 0.2) is 5.75 Å². The van der Waals surface area contributed by atoms with Crippen molar-refractivity contribution < 1.29 is 23.8 Å². The summed E-state index contributed by atoms with van der Waals surface area (Å²) in [4.78, 5) is 25.9. The van der Waals surface area contributed by atoms with Crippen molar-refractivity contribution in [1.29, 1.82) is 0 Å². The van der Waals surface area contributed by atoms with Crippen molar-refractivity contribution in [2.45, 2.75) is 37.8 Å². The number of pyridine rings is 1. The second kappa shape index (κ2) is 6.68. The average Bonchev–Trinajstić information content (AvgIpc) is 3.37. The highest BCUT2D eigenvalue weighted by molar-refractivity contribution is 5.88. The molecule has 3 aliphatic rings. The Morgan fingerprint density at radius 2 is 2.20 bits per heavy atom. The summed E-state index contributed by atoms with van der Waals surface area (Å²) in [6.07, 6.45) is 2.57. The Kier molecular flexibility index (Phi) is 4.30. The molecule has 30 heavy (non-hydrogen) atoms. The molecule has 1 aromatic heterocycles. The number of nitrogens with two attached hydrogens (primary N) is 1. The van der Waals surface area contributed by atoms with Crippen LogP contribution in [0.3, 0.4) is 0 Å². The molecule has 3 heterocycles. The molecule has 8 nitrogen and oxygen atoms in total. The number of rotatable bonds is 4. The fourth-order valence-electron chi connectivity index (χ4n) is 5.02. The monoisotopic (exact) mass is 417 g/mol. The van der Waals surface area contributed by atoms with E-state index >= 15 is 4.39 Å². The van der Waals surface area contributed by atoms with Gasteiger partial charge >= 0.3 is 6.16 Å². The predicted molar refractivity (Wildman–Crippen MR) is 108 cm³/mol. The second-order valence-electron chi connectivity index (χ2n) is 8.54. The van der Waals surface area contributed by atoms with Crippen molar-refractivity contribution in [3.05, 3.63) is 33.9 Å². The lowest BCUT2D eigenvalue weighted by atomic mass is 9.91. The van der Waals surface area contributed by atoms with Crippen molar-refractivity contribution in [3.8, 4) is 5.75 Å². The summed E-state index contributed by atoms with van der Waals surface area (Å²) in [6.45, 7) is 3.75. The van der Waals surface area contributed by atoms with Gasteiger partial charge in [-0.05, 0) is 32.3 Å². The first-order valence-electron chi connectivity index (χ1n) is 10.2. The van der Waals surface area contributed by atoms with Crippen molar-refractivity contribution in [2.75, 3.05) is 31.1 Å². The summed E-state index contributed by atoms with van der Waals surface area (Å²) in [5.74, 6) is -0.542. The summed E-state index contributed by atoms with van der Waals surface area (Å²) < 4.78 is 28.0. The van der Waals surface area contributed by atoms with Gasteiger partial charge in [-0.25, -0.2) is 9.18 Å². The topological polar surface area (TPSA) is 107 Å². The number of nitrogens with zero attached hydrogens (tertiary/aromatic N) is 2. The van der Waals surface area contributed by atoms with Crippen molar-refractivity contribution in [3.63, 3.8) is 0 Å². The molecule has 3 fully saturated rings. The minimum atomic E-state index is -1.57. The van der Waals surface area contributed by atoms with Crippen LogP contribution < -0.4 is 20.8 Å². The molecule has 2 aliphatic heterocycles. The highest BCUT2D eigenvalue weighted by Gasteiger charge is 2.50. The minimum Gasteiger partial charge on any atom is -0.449 e. The molecule has 2 aromatic rings. The first kappa shape index (κ1) is 19.3. The van der Waals surface area contributed by atoms with Gasteiger partial charge in [0.1, 0.15) is 11.4 Å². The first-order valence-corrected chi connectivity index (χ1v) is 10.2. The number of carbonyl (C=O) groups is 1. The molecule has 5 rings (SSSR count). The Morgan fingerprint density at radius 1 is 1.43 bits per heavy atom. The fourth-order valence-corrected chi connectivity index (χ4v) is 5.02. The van der Waals surface area contributed by atoms with E-state index in [0.717, 1.165) is 19.3 Å². The number of hydrogen-bond donors (Lipinski definition) is 2. The number of halogens is 1. The zero-order valence-electron chi connectivity index (χ0n) is 16.7. The van der Waals surface area contributed by atoms with Crippen LogP contribution in [0.5, 0.6) is 5.75 Å². The summed E-state index contributed by atoms with van der Waals surface area (Å²) in [7, 11) is 0. The van der Waals surface area contributed by atoms with E-state index < -0.39 is 23.0 Å². The van der Waals surface area contributed by atoms with Crippen LogP contribution in [0.15, 0.2) is 17.1 Å². The second-order valence-corrected chi connectivity index (χ2v) is 8.54. The normalized spacial score (nSPS) is 25.7. The number of fused-ring (bicyclic) bond motifs is 2. The Bertz CT molecular complexity index is 1110. The van der Waals surface area contributed by atoms with E-state index in [0.29, 0.717) is 37.4 Å². The Labute approximate surface area is 172 Å².